The van der Waals surface area contributed by atoms with Gasteiger partial charge in [-0.25, -0.2) is 0 Å². The molecule has 2 rings (SSSR count). The largest absolute Gasteiger partial charge is 0.380 e. The molecule has 32 heavy (non-hydrogen) atoms. The maximum Gasteiger partial charge on any atom is 0.225 e. The summed E-state index contributed by atoms with van der Waals surface area (Å²) in [5, 5.41) is 10.2. The second-order valence-electron chi connectivity index (χ2n) is 8.42. The van der Waals surface area contributed by atoms with Crippen molar-refractivity contribution in [3.63, 3.8) is 0 Å². The number of rotatable bonds is 7. The molecule has 0 atom stereocenters. The number of nitrogens with one attached hydrogen (secondary N) is 3. The van der Waals surface area contributed by atoms with Crippen LogP contribution in [0.15, 0.2) is 36.4 Å². The smallest absolute Gasteiger partial charge is 0.225 e. The second kappa shape index (κ2) is 15.7. The number of aryl methyl sites for hydroxylation is 1. The van der Waals surface area contributed by atoms with Crippen LogP contribution in [-0.2, 0) is 17.9 Å². The van der Waals surface area contributed by atoms with Crippen LogP contribution in [0.2, 0.25) is 5.02 Å². The molecular weight excluding hydrogens is 418 g/mol. The molecule has 0 spiro atoms. The van der Waals surface area contributed by atoms with Crippen LogP contribution in [0.5, 0.6) is 0 Å². The summed E-state index contributed by atoms with van der Waals surface area (Å²) in [4.78, 5) is 11.9. The zero-order valence-corrected chi connectivity index (χ0v) is 22.3. The van der Waals surface area contributed by atoms with Gasteiger partial charge in [0.05, 0.1) is 10.7 Å². The molecule has 2 aromatic carbocycles. The Kier molecular flexibility index (Phi) is 14.7. The van der Waals surface area contributed by atoms with Crippen LogP contribution in [0, 0.1) is 19.3 Å². The van der Waals surface area contributed by atoms with Crippen molar-refractivity contribution >= 4 is 23.2 Å². The van der Waals surface area contributed by atoms with Gasteiger partial charge in [0.15, 0.2) is 0 Å². The quantitative estimate of drug-likeness (QED) is 0.421. The van der Waals surface area contributed by atoms with E-state index >= 15 is 0 Å². The van der Waals surface area contributed by atoms with Gasteiger partial charge in [-0.1, -0.05) is 90.4 Å². The van der Waals surface area contributed by atoms with Gasteiger partial charge < -0.3 is 16.0 Å². The molecular formula is C27H44ClN3O. The molecule has 2 aromatic rings. The highest BCUT2D eigenvalue weighted by atomic mass is 35.5. The zero-order valence-electron chi connectivity index (χ0n) is 21.6. The summed E-state index contributed by atoms with van der Waals surface area (Å²) in [7, 11) is 0. The minimum atomic E-state index is -0.366. The predicted octanol–water partition coefficient (Wildman–Crippen LogP) is 6.87. The molecule has 0 aliphatic heterocycles. The van der Waals surface area contributed by atoms with Crippen molar-refractivity contribution in [3.8, 4) is 0 Å². The Hall–Kier alpha value is -2.04. The fourth-order valence-electron chi connectivity index (χ4n) is 2.66. The Morgan fingerprint density at radius 3 is 1.81 bits per heavy atom. The average Bonchev–Trinajstić information content (AvgIpc) is 2.77. The fraction of sp³-hybridized carbons (Fsp3) is 0.519. The van der Waals surface area contributed by atoms with Gasteiger partial charge in [-0.05, 0) is 55.3 Å². The molecule has 0 saturated heterocycles. The molecule has 0 fully saturated rings. The van der Waals surface area contributed by atoms with E-state index < -0.39 is 0 Å². The lowest BCUT2D eigenvalue weighted by Gasteiger charge is -2.17. The van der Waals surface area contributed by atoms with Crippen molar-refractivity contribution in [2.24, 2.45) is 5.41 Å². The molecule has 0 aliphatic carbocycles. The molecule has 0 heterocycles. The van der Waals surface area contributed by atoms with Gasteiger partial charge in [-0.3, -0.25) is 4.79 Å². The Labute approximate surface area is 201 Å². The summed E-state index contributed by atoms with van der Waals surface area (Å²) in [5.74, 6) is 0.0582. The standard InChI is InChI=1S/C21H27ClN2O.C4H11N.C2H6/c1-14-6-11-18(22)19(15(14)2)23-12-16-7-9-17(10-8-16)13-24-20(25)21(3,4)5;1-3-5-4-2;1-2/h6-11,23H,12-13H2,1-5H3,(H,24,25);5H,3-4H2,1-2H3;1-2H3. The summed E-state index contributed by atoms with van der Waals surface area (Å²) in [6.45, 7) is 21.5. The minimum absolute atomic E-state index is 0.0582. The van der Waals surface area contributed by atoms with Crippen LogP contribution >= 0.6 is 11.6 Å². The molecule has 0 radical (unpaired) electrons. The number of carbonyl (C=O) groups is 1. The molecule has 4 nitrogen and oxygen atoms in total. The van der Waals surface area contributed by atoms with Crippen molar-refractivity contribution in [3.05, 3.63) is 63.7 Å². The van der Waals surface area contributed by atoms with Gasteiger partial charge in [0, 0.05) is 18.5 Å². The molecule has 3 N–H and O–H groups in total. The first-order valence-electron chi connectivity index (χ1n) is 11.7. The molecule has 0 unspecified atom stereocenters. The van der Waals surface area contributed by atoms with Gasteiger partial charge in [0.1, 0.15) is 0 Å². The van der Waals surface area contributed by atoms with E-state index in [0.717, 1.165) is 29.4 Å². The van der Waals surface area contributed by atoms with E-state index in [0.29, 0.717) is 13.1 Å². The maximum atomic E-state index is 11.9. The highest BCUT2D eigenvalue weighted by Gasteiger charge is 2.20. The lowest BCUT2D eigenvalue weighted by molar-refractivity contribution is -0.128. The number of carbonyl (C=O) groups excluding carboxylic acids is 1. The van der Waals surface area contributed by atoms with Crippen LogP contribution < -0.4 is 16.0 Å². The van der Waals surface area contributed by atoms with Gasteiger partial charge in [-0.15, -0.1) is 0 Å². The molecule has 180 valence electrons. The molecule has 5 heteroatoms. The lowest BCUT2D eigenvalue weighted by atomic mass is 9.95. The van der Waals surface area contributed by atoms with Gasteiger partial charge >= 0.3 is 0 Å². The van der Waals surface area contributed by atoms with E-state index in [1.807, 2.05) is 58.9 Å². The maximum absolute atomic E-state index is 11.9. The van der Waals surface area contributed by atoms with Crippen molar-refractivity contribution < 1.29 is 4.79 Å². The van der Waals surface area contributed by atoms with E-state index in [9.17, 15) is 4.79 Å². The van der Waals surface area contributed by atoms with Gasteiger partial charge in [0.2, 0.25) is 5.91 Å². The van der Waals surface area contributed by atoms with E-state index in [4.69, 9.17) is 11.6 Å². The Bertz CT molecular complexity index is 794. The summed E-state index contributed by atoms with van der Waals surface area (Å²) >= 11 is 6.30. The topological polar surface area (TPSA) is 53.2 Å². The van der Waals surface area contributed by atoms with Crippen LogP contribution in [0.25, 0.3) is 0 Å². The van der Waals surface area contributed by atoms with E-state index in [-0.39, 0.29) is 11.3 Å². The van der Waals surface area contributed by atoms with E-state index in [1.54, 1.807) is 0 Å². The first kappa shape index (κ1) is 30.0. The fourth-order valence-corrected chi connectivity index (χ4v) is 2.93. The predicted molar refractivity (Wildman–Crippen MR) is 142 cm³/mol. The molecule has 0 saturated carbocycles. The number of hydrogen-bond acceptors (Lipinski definition) is 3. The summed E-state index contributed by atoms with van der Waals surface area (Å²) in [5.41, 5.74) is 5.28. The molecule has 0 aliphatic rings. The van der Waals surface area contributed by atoms with Crippen LogP contribution in [-0.4, -0.2) is 19.0 Å². The summed E-state index contributed by atoms with van der Waals surface area (Å²) in [6, 6.07) is 12.2. The van der Waals surface area contributed by atoms with Gasteiger partial charge in [-0.2, -0.15) is 0 Å². The highest BCUT2D eigenvalue weighted by molar-refractivity contribution is 6.33. The summed E-state index contributed by atoms with van der Waals surface area (Å²) < 4.78 is 0. The lowest BCUT2D eigenvalue weighted by Crippen LogP contribution is -2.34. The van der Waals surface area contributed by atoms with Gasteiger partial charge in [0.25, 0.3) is 0 Å². The van der Waals surface area contributed by atoms with Crippen molar-refractivity contribution in [1.82, 2.24) is 10.6 Å². The monoisotopic (exact) mass is 461 g/mol. The number of halogens is 1. The van der Waals surface area contributed by atoms with E-state index in [2.05, 4.69) is 55.8 Å². The number of amides is 1. The van der Waals surface area contributed by atoms with Crippen LogP contribution in [0.4, 0.5) is 5.69 Å². The first-order valence-corrected chi connectivity index (χ1v) is 12.0. The first-order chi connectivity index (χ1) is 15.1. The SMILES string of the molecule is CC.CCNCC.Cc1ccc(Cl)c(NCc2ccc(CNC(=O)C(C)(C)C)cc2)c1C. The summed E-state index contributed by atoms with van der Waals surface area (Å²) in [6.07, 6.45) is 0. The molecule has 1 amide bonds. The van der Waals surface area contributed by atoms with Crippen LogP contribution in [0.3, 0.4) is 0 Å². The third-order valence-corrected chi connectivity index (χ3v) is 5.13. The van der Waals surface area contributed by atoms with Crippen molar-refractivity contribution in [2.75, 3.05) is 18.4 Å². The molecule has 0 aromatic heterocycles. The Balaban J connectivity index is 0.00000121. The Morgan fingerprint density at radius 2 is 1.38 bits per heavy atom. The molecule has 0 bridgehead atoms. The third-order valence-electron chi connectivity index (χ3n) is 4.81. The Morgan fingerprint density at radius 1 is 0.875 bits per heavy atom. The minimum Gasteiger partial charge on any atom is -0.380 e. The number of hydrogen-bond donors (Lipinski definition) is 3. The third kappa shape index (κ3) is 11.0. The average molecular weight is 462 g/mol. The normalized spacial score (nSPS) is 10.3. The zero-order chi connectivity index (χ0) is 24.7. The number of benzene rings is 2. The van der Waals surface area contributed by atoms with E-state index in [1.165, 1.54) is 16.7 Å². The second-order valence-corrected chi connectivity index (χ2v) is 8.83. The number of anilines is 1. The van der Waals surface area contributed by atoms with Crippen molar-refractivity contribution in [1.29, 1.82) is 0 Å². The van der Waals surface area contributed by atoms with Crippen molar-refractivity contribution in [2.45, 2.75) is 75.4 Å². The highest BCUT2D eigenvalue weighted by Crippen LogP contribution is 2.28. The van der Waals surface area contributed by atoms with Crippen LogP contribution in [0.1, 0.15) is 70.7 Å².